The molecule has 0 aliphatic carbocycles. The third kappa shape index (κ3) is 10.0. The summed E-state index contributed by atoms with van der Waals surface area (Å²) in [5.41, 5.74) is 1.08. The Morgan fingerprint density at radius 2 is 1.49 bits per heavy atom. The van der Waals surface area contributed by atoms with E-state index in [4.69, 9.17) is 19.8 Å². The summed E-state index contributed by atoms with van der Waals surface area (Å²) in [4.78, 5) is 51.9. The van der Waals surface area contributed by atoms with E-state index in [9.17, 15) is 35.9 Å². The van der Waals surface area contributed by atoms with Gasteiger partial charge in [-0.2, -0.15) is 26.3 Å². The molecule has 2 amide bonds. The number of benzene rings is 2. The number of anilines is 1. The average molecular weight is 736 g/mol. The number of pyridine rings is 1. The number of hydrogen-bond donors (Lipinski definition) is 4. The van der Waals surface area contributed by atoms with E-state index in [0.717, 1.165) is 53.4 Å². The largest absolute Gasteiger partial charge is 0.490 e. The number of carbonyl (C=O) groups is 4. The quantitative estimate of drug-likeness (QED) is 0.279. The van der Waals surface area contributed by atoms with Gasteiger partial charge in [0.2, 0.25) is 5.91 Å². The molecular weight excluding hydrogens is 708 g/mol. The van der Waals surface area contributed by atoms with Gasteiger partial charge in [-0.15, -0.1) is 0 Å². The zero-order chi connectivity index (χ0) is 35.0. The van der Waals surface area contributed by atoms with Crippen LogP contribution in [0.4, 0.5) is 32.0 Å². The van der Waals surface area contributed by atoms with E-state index in [1.54, 1.807) is 6.20 Å². The van der Waals surface area contributed by atoms with Crippen LogP contribution in [-0.2, 0) is 14.4 Å². The van der Waals surface area contributed by atoms with Gasteiger partial charge in [-0.25, -0.2) is 9.59 Å². The number of halogens is 7. The van der Waals surface area contributed by atoms with Crippen LogP contribution in [-0.4, -0.2) is 94.6 Å². The summed E-state index contributed by atoms with van der Waals surface area (Å²) in [5.74, 6) is -5.48. The Labute approximate surface area is 271 Å². The molecule has 3 heterocycles. The second-order valence-electron chi connectivity index (χ2n) is 10.3. The third-order valence-corrected chi connectivity index (χ3v) is 7.67. The van der Waals surface area contributed by atoms with Crippen molar-refractivity contribution >= 4 is 56.1 Å². The number of carboxylic acid groups (broad SMARTS) is 2. The topological polar surface area (TPSA) is 152 Å². The first kappa shape index (κ1) is 37.0. The minimum Gasteiger partial charge on any atom is -0.475 e. The Morgan fingerprint density at radius 3 is 2.04 bits per heavy atom. The van der Waals surface area contributed by atoms with E-state index < -0.39 is 29.8 Å². The van der Waals surface area contributed by atoms with E-state index in [-0.39, 0.29) is 11.8 Å². The molecule has 0 radical (unpaired) electrons. The van der Waals surface area contributed by atoms with Crippen molar-refractivity contribution < 1.29 is 55.7 Å². The molecular formula is C29H28BrF6N5O6. The van der Waals surface area contributed by atoms with Crippen molar-refractivity contribution in [1.82, 2.24) is 20.5 Å². The van der Waals surface area contributed by atoms with Crippen molar-refractivity contribution in [3.05, 3.63) is 71.0 Å². The molecule has 2 aliphatic heterocycles. The molecule has 11 nitrogen and oxygen atoms in total. The molecule has 2 fully saturated rings. The molecule has 1 spiro atoms. The van der Waals surface area contributed by atoms with E-state index in [2.05, 4.69) is 41.3 Å². The Hall–Kier alpha value is -4.45. The molecule has 18 heteroatoms. The van der Waals surface area contributed by atoms with Crippen LogP contribution in [0.1, 0.15) is 23.2 Å². The van der Waals surface area contributed by atoms with Gasteiger partial charge in [-0.05, 0) is 57.7 Å². The molecule has 2 saturated heterocycles. The number of alkyl halides is 6. The number of carbonyl (C=O) groups excluding carboxylic acids is 2. The molecule has 2 aromatic carbocycles. The Morgan fingerprint density at radius 1 is 0.915 bits per heavy atom. The third-order valence-electron chi connectivity index (χ3n) is 7.23. The molecule has 254 valence electrons. The number of likely N-dealkylation sites (tertiary alicyclic amines) is 1. The number of nitrogens with one attached hydrogen (secondary N) is 2. The van der Waals surface area contributed by atoms with Crippen molar-refractivity contribution in [3.8, 4) is 0 Å². The number of hydrogen-bond acceptors (Lipinski definition) is 7. The zero-order valence-electron chi connectivity index (χ0n) is 24.2. The smallest absolute Gasteiger partial charge is 0.475 e. The summed E-state index contributed by atoms with van der Waals surface area (Å²) >= 11 is 3.48. The van der Waals surface area contributed by atoms with Crippen molar-refractivity contribution in [2.24, 2.45) is 0 Å². The lowest BCUT2D eigenvalue weighted by Crippen LogP contribution is -2.57. The number of piperidine rings is 1. The first-order chi connectivity index (χ1) is 21.9. The fourth-order valence-corrected chi connectivity index (χ4v) is 5.23. The van der Waals surface area contributed by atoms with E-state index >= 15 is 0 Å². The molecule has 1 aromatic heterocycles. The van der Waals surface area contributed by atoms with Gasteiger partial charge >= 0.3 is 24.3 Å². The first-order valence-corrected chi connectivity index (χ1v) is 14.5. The highest BCUT2D eigenvalue weighted by atomic mass is 79.9. The fourth-order valence-electron chi connectivity index (χ4n) is 4.88. The highest BCUT2D eigenvalue weighted by Crippen LogP contribution is 2.36. The van der Waals surface area contributed by atoms with Gasteiger partial charge in [-0.3, -0.25) is 14.6 Å². The molecule has 5 rings (SSSR count). The first-order valence-electron chi connectivity index (χ1n) is 13.7. The monoisotopic (exact) mass is 735 g/mol. The standard InChI is InChI=1S/C25H26BrN5O2.2C2HF3O2/c26-21-14-22(16-27-15-21)31-17-29-24(33)25(31)7-10-30(11-8-25)12-9-28-23(32)20-6-5-18-3-1-2-4-19(18)13-20;2*3-2(4,5)1(6)7/h1-6,13-16H,7-12,17H2,(H,28,32)(H,29,33);2*(H,6,7). The van der Waals surface area contributed by atoms with Crippen molar-refractivity contribution in [1.29, 1.82) is 0 Å². The summed E-state index contributed by atoms with van der Waals surface area (Å²) in [7, 11) is 0. The number of fused-ring (bicyclic) bond motifs is 1. The Bertz CT molecular complexity index is 1570. The fraction of sp³-hybridized carbons (Fsp3) is 0.345. The lowest BCUT2D eigenvalue weighted by molar-refractivity contribution is -0.193. The molecule has 47 heavy (non-hydrogen) atoms. The number of aromatic nitrogens is 1. The maximum absolute atomic E-state index is 12.8. The van der Waals surface area contributed by atoms with Crippen molar-refractivity contribution in [2.75, 3.05) is 37.7 Å². The Kier molecular flexibility index (Phi) is 12.1. The molecule has 4 N–H and O–H groups in total. The number of carboxylic acids is 2. The van der Waals surface area contributed by atoms with Crippen molar-refractivity contribution in [3.63, 3.8) is 0 Å². The number of rotatable bonds is 5. The predicted molar refractivity (Wildman–Crippen MR) is 159 cm³/mol. The summed E-state index contributed by atoms with van der Waals surface area (Å²) in [6, 6.07) is 15.8. The van der Waals surface area contributed by atoms with Gasteiger partial charge in [0.15, 0.2) is 0 Å². The van der Waals surface area contributed by atoms with Crippen LogP contribution in [0.3, 0.4) is 0 Å². The second-order valence-corrected chi connectivity index (χ2v) is 11.2. The summed E-state index contributed by atoms with van der Waals surface area (Å²) in [5, 5.41) is 22.5. The number of amides is 2. The second kappa shape index (κ2) is 15.4. The number of nitrogens with zero attached hydrogens (tertiary/aromatic N) is 3. The van der Waals surface area contributed by atoms with E-state index in [1.165, 1.54) is 0 Å². The molecule has 0 saturated carbocycles. The summed E-state index contributed by atoms with van der Waals surface area (Å²) in [6.45, 7) is 3.44. The average Bonchev–Trinajstić information content (AvgIpc) is 3.32. The van der Waals surface area contributed by atoms with Gasteiger partial charge in [-0.1, -0.05) is 30.3 Å². The predicted octanol–water partition coefficient (Wildman–Crippen LogP) is 4.42. The van der Waals surface area contributed by atoms with Gasteiger partial charge in [0.05, 0.1) is 18.6 Å². The van der Waals surface area contributed by atoms with Crippen LogP contribution in [0.5, 0.6) is 0 Å². The molecule has 0 unspecified atom stereocenters. The Balaban J connectivity index is 0.000000360. The minimum atomic E-state index is -5.08. The van der Waals surface area contributed by atoms with Crippen LogP contribution in [0.15, 0.2) is 65.4 Å². The van der Waals surface area contributed by atoms with Crippen LogP contribution in [0.2, 0.25) is 0 Å². The summed E-state index contributed by atoms with van der Waals surface area (Å²) < 4.78 is 64.4. The highest BCUT2D eigenvalue weighted by molar-refractivity contribution is 9.10. The van der Waals surface area contributed by atoms with E-state index in [1.807, 2.05) is 54.7 Å². The lowest BCUT2D eigenvalue weighted by atomic mass is 9.85. The van der Waals surface area contributed by atoms with Crippen LogP contribution in [0, 0.1) is 0 Å². The van der Waals surface area contributed by atoms with Gasteiger partial charge in [0, 0.05) is 42.4 Å². The van der Waals surface area contributed by atoms with E-state index in [0.29, 0.717) is 18.8 Å². The van der Waals surface area contributed by atoms with Crippen LogP contribution in [0.25, 0.3) is 10.8 Å². The minimum absolute atomic E-state index is 0.0577. The maximum Gasteiger partial charge on any atom is 0.490 e. The summed E-state index contributed by atoms with van der Waals surface area (Å²) in [6.07, 6.45) is -5.13. The zero-order valence-corrected chi connectivity index (χ0v) is 25.8. The molecule has 2 aliphatic rings. The molecule has 0 atom stereocenters. The normalized spacial score (nSPS) is 16.0. The number of aliphatic carboxylic acids is 2. The van der Waals surface area contributed by atoms with Gasteiger partial charge in [0.25, 0.3) is 5.91 Å². The highest BCUT2D eigenvalue weighted by Gasteiger charge is 2.50. The van der Waals surface area contributed by atoms with Gasteiger partial charge in [0.1, 0.15) is 5.54 Å². The van der Waals surface area contributed by atoms with Gasteiger partial charge < -0.3 is 30.6 Å². The lowest BCUT2D eigenvalue weighted by Gasteiger charge is -2.43. The van der Waals surface area contributed by atoms with Crippen LogP contribution < -0.4 is 15.5 Å². The van der Waals surface area contributed by atoms with Crippen LogP contribution >= 0.6 is 15.9 Å². The van der Waals surface area contributed by atoms with Crippen molar-refractivity contribution in [2.45, 2.75) is 30.7 Å². The molecule has 3 aromatic rings. The molecule has 0 bridgehead atoms. The maximum atomic E-state index is 12.8. The SMILES string of the molecule is O=C(NCCN1CCC2(CC1)C(=O)NCN2c1cncc(Br)c1)c1ccc2ccccc2c1.O=C(O)C(F)(F)F.O=C(O)C(F)(F)F.